The minimum atomic E-state index is -0.495. The molecule has 9 nitrogen and oxygen atoms in total. The van der Waals surface area contributed by atoms with Crippen molar-refractivity contribution in [1.82, 2.24) is 14.7 Å². The van der Waals surface area contributed by atoms with Gasteiger partial charge in [-0.2, -0.15) is 5.10 Å². The fraction of sp³-hybridized carbons (Fsp3) is 0.357. The van der Waals surface area contributed by atoms with Gasteiger partial charge in [0.1, 0.15) is 0 Å². The molecule has 38 heavy (non-hydrogen) atoms. The highest BCUT2D eigenvalue weighted by Crippen LogP contribution is 2.30. The Hall–Kier alpha value is -3.85. The number of ether oxygens (including phenoxy) is 2. The van der Waals surface area contributed by atoms with Gasteiger partial charge in [-0.25, -0.2) is 9.48 Å². The molecule has 1 amide bonds. The third-order valence-electron chi connectivity index (χ3n) is 6.28. The molecule has 0 bridgehead atoms. The maximum absolute atomic E-state index is 12.5. The number of aromatic nitrogens is 2. The Labute approximate surface area is 226 Å². The summed E-state index contributed by atoms with van der Waals surface area (Å²) in [5.41, 5.74) is 3.47. The van der Waals surface area contributed by atoms with Crippen molar-refractivity contribution in [3.8, 4) is 16.9 Å². The third-order valence-corrected chi connectivity index (χ3v) is 6.60. The molecule has 0 radical (unpaired) electrons. The van der Waals surface area contributed by atoms with Gasteiger partial charge >= 0.3 is 11.9 Å². The summed E-state index contributed by atoms with van der Waals surface area (Å²) in [6.07, 6.45) is 0.275. The number of hydrogen-bond acceptors (Lipinski definition) is 7. The second-order valence-corrected chi connectivity index (χ2v) is 9.13. The van der Waals surface area contributed by atoms with Crippen LogP contribution in [0.3, 0.4) is 0 Å². The van der Waals surface area contributed by atoms with Crippen LogP contribution in [0.4, 0.5) is 5.69 Å². The number of esters is 2. The van der Waals surface area contributed by atoms with Gasteiger partial charge in [-0.05, 0) is 44.2 Å². The van der Waals surface area contributed by atoms with E-state index in [2.05, 4.69) is 10.00 Å². The van der Waals surface area contributed by atoms with Gasteiger partial charge in [0.2, 0.25) is 5.91 Å². The van der Waals surface area contributed by atoms with Crippen molar-refractivity contribution in [1.29, 1.82) is 0 Å². The van der Waals surface area contributed by atoms with Crippen LogP contribution in [-0.2, 0) is 19.1 Å². The van der Waals surface area contributed by atoms with Crippen molar-refractivity contribution < 1.29 is 23.9 Å². The summed E-state index contributed by atoms with van der Waals surface area (Å²) in [7, 11) is 0. The Balaban J connectivity index is 1.47. The summed E-state index contributed by atoms with van der Waals surface area (Å²) in [6.45, 7) is 6.63. The number of amides is 1. The smallest absolute Gasteiger partial charge is 0.358 e. The van der Waals surface area contributed by atoms with Gasteiger partial charge in [-0.15, -0.1) is 0 Å². The monoisotopic (exact) mass is 538 g/mol. The molecule has 3 aromatic rings. The van der Waals surface area contributed by atoms with Crippen LogP contribution in [-0.4, -0.2) is 71.9 Å². The minimum absolute atomic E-state index is 0.0294. The minimum Gasteiger partial charge on any atom is -0.466 e. The molecule has 4 rings (SSSR count). The molecule has 1 aromatic heterocycles. The highest BCUT2D eigenvalue weighted by molar-refractivity contribution is 6.32. The number of piperazine rings is 1. The van der Waals surface area contributed by atoms with Gasteiger partial charge in [0.05, 0.1) is 36.0 Å². The summed E-state index contributed by atoms with van der Waals surface area (Å²) < 4.78 is 11.7. The number of para-hydroxylation sites is 1. The molecular formula is C28H31ClN4O5. The first-order chi connectivity index (χ1) is 18.4. The molecule has 2 heterocycles. The van der Waals surface area contributed by atoms with Crippen molar-refractivity contribution >= 4 is 35.1 Å². The summed E-state index contributed by atoms with van der Waals surface area (Å²) in [5, 5.41) is 5.00. The maximum atomic E-state index is 12.5. The summed E-state index contributed by atoms with van der Waals surface area (Å²) in [6, 6.07) is 17.0. The number of carbonyl (C=O) groups excluding carboxylic acids is 3. The Morgan fingerprint density at radius 3 is 2.24 bits per heavy atom. The fourth-order valence-electron chi connectivity index (χ4n) is 4.36. The largest absolute Gasteiger partial charge is 0.466 e. The molecule has 0 unspecified atom stereocenters. The van der Waals surface area contributed by atoms with E-state index in [1.54, 1.807) is 35.6 Å². The van der Waals surface area contributed by atoms with E-state index in [1.807, 2.05) is 42.5 Å². The highest BCUT2D eigenvalue weighted by atomic mass is 35.5. The Bertz CT molecular complexity index is 1280. The number of halogens is 1. The van der Waals surface area contributed by atoms with Crippen LogP contribution in [0.5, 0.6) is 0 Å². The molecule has 1 aliphatic heterocycles. The van der Waals surface area contributed by atoms with Crippen molar-refractivity contribution in [3.63, 3.8) is 0 Å². The number of carbonyl (C=O) groups is 3. The number of hydrogen-bond donors (Lipinski definition) is 0. The first-order valence-corrected chi connectivity index (χ1v) is 13.1. The average molecular weight is 539 g/mol. The first kappa shape index (κ1) is 27.2. The van der Waals surface area contributed by atoms with E-state index < -0.39 is 5.97 Å². The van der Waals surface area contributed by atoms with Crippen LogP contribution in [0.25, 0.3) is 16.9 Å². The SMILES string of the molecule is CCOC(=O)CCC(=O)N1CCN(c2ccc(-c3cc(C(=O)OCC)nn3-c3ccccc3Cl)cc2)CC1. The molecule has 0 spiro atoms. The second-order valence-electron chi connectivity index (χ2n) is 8.72. The van der Waals surface area contributed by atoms with E-state index in [0.29, 0.717) is 49.2 Å². The van der Waals surface area contributed by atoms with Gasteiger partial charge in [-0.3, -0.25) is 9.59 Å². The zero-order valence-corrected chi connectivity index (χ0v) is 22.3. The van der Waals surface area contributed by atoms with Crippen LogP contribution in [0.15, 0.2) is 54.6 Å². The van der Waals surface area contributed by atoms with Gasteiger partial charge in [0.25, 0.3) is 0 Å². The van der Waals surface area contributed by atoms with Crippen molar-refractivity contribution in [2.45, 2.75) is 26.7 Å². The van der Waals surface area contributed by atoms with E-state index in [9.17, 15) is 14.4 Å². The molecule has 0 saturated carbocycles. The van der Waals surface area contributed by atoms with E-state index in [-0.39, 0.29) is 37.0 Å². The van der Waals surface area contributed by atoms with Crippen LogP contribution in [0.2, 0.25) is 5.02 Å². The normalized spacial score (nSPS) is 13.3. The molecule has 0 atom stereocenters. The lowest BCUT2D eigenvalue weighted by molar-refractivity contribution is -0.145. The lowest BCUT2D eigenvalue weighted by Crippen LogP contribution is -2.48. The van der Waals surface area contributed by atoms with Crippen LogP contribution in [0.1, 0.15) is 37.2 Å². The Morgan fingerprint density at radius 1 is 0.895 bits per heavy atom. The average Bonchev–Trinajstić information content (AvgIpc) is 3.38. The predicted octanol–water partition coefficient (Wildman–Crippen LogP) is 4.36. The molecule has 0 aliphatic carbocycles. The molecule has 10 heteroatoms. The summed E-state index contributed by atoms with van der Waals surface area (Å²) in [4.78, 5) is 40.4. The molecule has 1 saturated heterocycles. The van der Waals surface area contributed by atoms with E-state index >= 15 is 0 Å². The molecular weight excluding hydrogens is 508 g/mol. The molecule has 1 fully saturated rings. The van der Waals surface area contributed by atoms with E-state index in [1.165, 1.54) is 0 Å². The Morgan fingerprint density at radius 2 is 1.58 bits per heavy atom. The molecule has 200 valence electrons. The van der Waals surface area contributed by atoms with Crippen LogP contribution in [0, 0.1) is 0 Å². The molecule has 1 aliphatic rings. The van der Waals surface area contributed by atoms with E-state index in [4.69, 9.17) is 21.1 Å². The van der Waals surface area contributed by atoms with Crippen LogP contribution >= 0.6 is 11.6 Å². The van der Waals surface area contributed by atoms with Gasteiger partial charge < -0.3 is 19.3 Å². The quantitative estimate of drug-likeness (QED) is 0.374. The Kier molecular flexibility index (Phi) is 9.02. The van der Waals surface area contributed by atoms with Crippen molar-refractivity contribution in [3.05, 3.63) is 65.3 Å². The zero-order valence-electron chi connectivity index (χ0n) is 21.6. The third kappa shape index (κ3) is 6.34. The number of anilines is 1. The topological polar surface area (TPSA) is 94.0 Å². The standard InChI is InChI=1S/C28H31ClN4O5/c1-3-37-27(35)14-13-26(34)32-17-15-31(16-18-32)21-11-9-20(10-12-21)25-19-23(28(36)38-4-2)30-33(25)24-8-6-5-7-22(24)29/h5-12,19H,3-4,13-18H2,1-2H3. The number of benzene rings is 2. The van der Waals surface area contributed by atoms with Crippen molar-refractivity contribution in [2.24, 2.45) is 0 Å². The lowest BCUT2D eigenvalue weighted by Gasteiger charge is -2.36. The summed E-state index contributed by atoms with van der Waals surface area (Å²) >= 11 is 6.44. The summed E-state index contributed by atoms with van der Waals surface area (Å²) in [5.74, 6) is -0.867. The fourth-order valence-corrected chi connectivity index (χ4v) is 4.57. The van der Waals surface area contributed by atoms with Gasteiger partial charge in [-0.1, -0.05) is 35.9 Å². The number of rotatable bonds is 9. The predicted molar refractivity (Wildman–Crippen MR) is 145 cm³/mol. The molecule has 0 N–H and O–H groups in total. The highest BCUT2D eigenvalue weighted by Gasteiger charge is 2.23. The number of nitrogens with zero attached hydrogens (tertiary/aromatic N) is 4. The lowest BCUT2D eigenvalue weighted by atomic mass is 10.1. The van der Waals surface area contributed by atoms with E-state index in [0.717, 1.165) is 11.3 Å². The van der Waals surface area contributed by atoms with Gasteiger partial charge in [0, 0.05) is 43.9 Å². The second kappa shape index (κ2) is 12.6. The van der Waals surface area contributed by atoms with Crippen LogP contribution < -0.4 is 4.90 Å². The molecule has 2 aromatic carbocycles. The maximum Gasteiger partial charge on any atom is 0.358 e. The van der Waals surface area contributed by atoms with Crippen molar-refractivity contribution in [2.75, 3.05) is 44.3 Å². The zero-order chi connectivity index (χ0) is 27.1. The first-order valence-electron chi connectivity index (χ1n) is 12.7. The van der Waals surface area contributed by atoms with Gasteiger partial charge in [0.15, 0.2) is 5.69 Å².